The average molecular weight is 648 g/mol. The number of nitrogen functional groups attached to an aromatic ring is 1. The SMILES string of the molecule is Nc1ccc(Oc2ccnc3c2CCC(=O)N3)cc1.O=C1CCc2c(Oc3ccc(NC(=O)Nc4ccc(F)cc4)cc3)ccnc2N1. The number of carbonyl (C=O) groups is 3. The zero-order valence-corrected chi connectivity index (χ0v) is 25.5. The van der Waals surface area contributed by atoms with Crippen molar-refractivity contribution in [3.05, 3.63) is 114 Å². The molecule has 12 nitrogen and oxygen atoms in total. The Morgan fingerprint density at radius 1 is 0.646 bits per heavy atom. The monoisotopic (exact) mass is 647 g/mol. The summed E-state index contributed by atoms with van der Waals surface area (Å²) in [4.78, 5) is 43.2. The first kappa shape index (κ1) is 31.5. The zero-order valence-electron chi connectivity index (χ0n) is 25.5. The Labute approximate surface area is 274 Å². The first-order valence-electron chi connectivity index (χ1n) is 15.0. The number of fused-ring (bicyclic) bond motifs is 2. The van der Waals surface area contributed by atoms with Crippen molar-refractivity contribution in [1.29, 1.82) is 0 Å². The molecular formula is C35H30FN7O5. The molecule has 0 saturated heterocycles. The van der Waals surface area contributed by atoms with E-state index in [0.29, 0.717) is 71.6 Å². The molecule has 0 spiro atoms. The summed E-state index contributed by atoms with van der Waals surface area (Å²) >= 11 is 0. The number of hydrogen-bond acceptors (Lipinski definition) is 8. The van der Waals surface area contributed by atoms with Gasteiger partial charge in [-0.3, -0.25) is 9.59 Å². The molecule has 4 amide bonds. The minimum Gasteiger partial charge on any atom is -0.457 e. The van der Waals surface area contributed by atoms with Gasteiger partial charge in [-0.05, 0) is 97.8 Å². The Bertz CT molecular complexity index is 1950. The van der Waals surface area contributed by atoms with Gasteiger partial charge >= 0.3 is 6.03 Å². The van der Waals surface area contributed by atoms with E-state index in [1.54, 1.807) is 60.9 Å². The summed E-state index contributed by atoms with van der Waals surface area (Å²) in [7, 11) is 0. The number of halogens is 1. The van der Waals surface area contributed by atoms with Crippen LogP contribution < -0.4 is 36.5 Å². The quantitative estimate of drug-likeness (QED) is 0.124. The zero-order chi connectivity index (χ0) is 33.5. The van der Waals surface area contributed by atoms with E-state index in [1.807, 2.05) is 12.1 Å². The molecule has 13 heteroatoms. The lowest BCUT2D eigenvalue weighted by Gasteiger charge is -2.18. The van der Waals surface area contributed by atoms with Gasteiger partial charge in [0.2, 0.25) is 11.8 Å². The fraction of sp³-hybridized carbons (Fsp3) is 0.114. The van der Waals surface area contributed by atoms with Crippen molar-refractivity contribution in [2.75, 3.05) is 27.0 Å². The van der Waals surface area contributed by atoms with Gasteiger partial charge in [0.1, 0.15) is 40.5 Å². The van der Waals surface area contributed by atoms with Gasteiger partial charge in [-0.15, -0.1) is 0 Å². The van der Waals surface area contributed by atoms with Crippen molar-refractivity contribution in [3.8, 4) is 23.0 Å². The van der Waals surface area contributed by atoms with Crippen LogP contribution in [0.1, 0.15) is 24.0 Å². The van der Waals surface area contributed by atoms with Crippen molar-refractivity contribution >= 4 is 46.5 Å². The maximum absolute atomic E-state index is 12.9. The highest BCUT2D eigenvalue weighted by atomic mass is 19.1. The average Bonchev–Trinajstić information content (AvgIpc) is 3.08. The number of ether oxygens (including phenoxy) is 2. The number of amides is 4. The topological polar surface area (TPSA) is 170 Å². The smallest absolute Gasteiger partial charge is 0.323 e. The van der Waals surface area contributed by atoms with E-state index < -0.39 is 6.03 Å². The Morgan fingerprint density at radius 2 is 1.08 bits per heavy atom. The molecule has 0 fully saturated rings. The molecule has 0 saturated carbocycles. The number of hydrogen-bond donors (Lipinski definition) is 5. The lowest BCUT2D eigenvalue weighted by atomic mass is 10.1. The van der Waals surface area contributed by atoms with Crippen molar-refractivity contribution in [2.45, 2.75) is 25.7 Å². The summed E-state index contributed by atoms with van der Waals surface area (Å²) in [6.45, 7) is 0. The lowest BCUT2D eigenvalue weighted by molar-refractivity contribution is -0.117. The number of benzene rings is 3. The summed E-state index contributed by atoms with van der Waals surface area (Å²) in [5.74, 6) is 3.31. The van der Waals surface area contributed by atoms with Crippen LogP contribution in [0.4, 0.5) is 37.9 Å². The molecular weight excluding hydrogens is 617 g/mol. The van der Waals surface area contributed by atoms with E-state index in [1.165, 1.54) is 24.3 Å². The van der Waals surface area contributed by atoms with Crippen LogP contribution in [-0.4, -0.2) is 27.8 Å². The first-order valence-corrected chi connectivity index (χ1v) is 15.0. The summed E-state index contributed by atoms with van der Waals surface area (Å²) in [6, 6.07) is 22.6. The lowest BCUT2D eigenvalue weighted by Crippen LogP contribution is -2.20. The van der Waals surface area contributed by atoms with Crippen LogP contribution in [0.3, 0.4) is 0 Å². The van der Waals surface area contributed by atoms with Gasteiger partial charge in [-0.2, -0.15) is 0 Å². The number of rotatable bonds is 6. The highest BCUT2D eigenvalue weighted by Gasteiger charge is 2.21. The molecule has 48 heavy (non-hydrogen) atoms. The molecule has 2 aliphatic heterocycles. The number of nitrogens with zero attached hydrogens (tertiary/aromatic N) is 2. The van der Waals surface area contributed by atoms with Crippen molar-refractivity contribution in [1.82, 2.24) is 9.97 Å². The maximum Gasteiger partial charge on any atom is 0.323 e. The maximum atomic E-state index is 12.9. The van der Waals surface area contributed by atoms with Crippen LogP contribution >= 0.6 is 0 Å². The van der Waals surface area contributed by atoms with Crippen LogP contribution in [0.5, 0.6) is 23.0 Å². The third kappa shape index (κ3) is 8.01. The Morgan fingerprint density at radius 3 is 1.56 bits per heavy atom. The number of urea groups is 1. The molecule has 5 aromatic rings. The van der Waals surface area contributed by atoms with Gasteiger partial charge in [0.15, 0.2) is 0 Å². The van der Waals surface area contributed by atoms with Crippen LogP contribution in [0, 0.1) is 5.82 Å². The van der Waals surface area contributed by atoms with E-state index in [9.17, 15) is 18.8 Å². The Kier molecular flexibility index (Phi) is 9.37. The molecule has 0 radical (unpaired) electrons. The van der Waals surface area contributed by atoms with Gasteiger partial charge in [-0.25, -0.2) is 19.2 Å². The van der Waals surface area contributed by atoms with Crippen LogP contribution in [0.25, 0.3) is 0 Å². The van der Waals surface area contributed by atoms with Gasteiger partial charge in [-0.1, -0.05) is 0 Å². The van der Waals surface area contributed by atoms with E-state index in [4.69, 9.17) is 15.2 Å². The molecule has 3 aromatic carbocycles. The van der Waals surface area contributed by atoms with E-state index in [0.717, 1.165) is 16.9 Å². The number of nitrogens with two attached hydrogens (primary N) is 1. The molecule has 0 unspecified atom stereocenters. The molecule has 2 aromatic heterocycles. The summed E-state index contributed by atoms with van der Waals surface area (Å²) in [6.07, 6.45) is 5.25. The normalized spacial score (nSPS) is 12.9. The predicted octanol–water partition coefficient (Wildman–Crippen LogP) is 6.88. The number of aromatic nitrogens is 2. The van der Waals surface area contributed by atoms with Crippen LogP contribution in [0.2, 0.25) is 0 Å². The third-order valence-corrected chi connectivity index (χ3v) is 7.30. The molecule has 6 N–H and O–H groups in total. The second-order valence-corrected chi connectivity index (χ2v) is 10.8. The van der Waals surface area contributed by atoms with Crippen molar-refractivity contribution < 1.29 is 28.2 Å². The molecule has 7 rings (SSSR count). The number of anilines is 5. The van der Waals surface area contributed by atoms with E-state index in [-0.39, 0.29) is 17.6 Å². The molecule has 0 aliphatic carbocycles. The second kappa shape index (κ2) is 14.3. The predicted molar refractivity (Wildman–Crippen MR) is 179 cm³/mol. The van der Waals surface area contributed by atoms with Gasteiger partial charge in [0, 0.05) is 53.4 Å². The molecule has 2 aliphatic rings. The molecule has 0 bridgehead atoms. The second-order valence-electron chi connectivity index (χ2n) is 10.8. The minimum atomic E-state index is -0.441. The van der Waals surface area contributed by atoms with Gasteiger partial charge in [0.05, 0.1) is 0 Å². The first-order chi connectivity index (χ1) is 23.3. The molecule has 4 heterocycles. The number of carbonyl (C=O) groups excluding carboxylic acids is 3. The fourth-order valence-electron chi connectivity index (χ4n) is 4.93. The Hall–Kier alpha value is -6.50. The van der Waals surface area contributed by atoms with Gasteiger partial charge < -0.3 is 36.5 Å². The molecule has 242 valence electrons. The summed E-state index contributed by atoms with van der Waals surface area (Å²) in [5.41, 5.74) is 9.16. The summed E-state index contributed by atoms with van der Waals surface area (Å²) in [5, 5.41) is 10.8. The fourth-order valence-corrected chi connectivity index (χ4v) is 4.93. The standard InChI is InChI=1S/C21H17FN4O3.C14H13N3O2/c22-13-1-3-14(4-2-13)24-21(28)25-15-5-7-16(8-6-15)29-18-11-12-23-20-17(18)9-10-19(27)26-20;15-9-1-3-10(4-2-9)19-12-7-8-16-14-11(12)5-6-13(18)17-14/h1-8,11-12H,9-10H2,(H,23,26,27)(H2,24,25,28);1-4,7-8H,5-6,15H2,(H,16,17,18). The molecule has 0 atom stereocenters. The van der Waals surface area contributed by atoms with Crippen molar-refractivity contribution in [2.24, 2.45) is 0 Å². The van der Waals surface area contributed by atoms with E-state index >= 15 is 0 Å². The summed E-state index contributed by atoms with van der Waals surface area (Å²) < 4.78 is 24.7. The largest absolute Gasteiger partial charge is 0.457 e. The number of pyridine rings is 2. The Balaban J connectivity index is 0.000000182. The van der Waals surface area contributed by atoms with Gasteiger partial charge in [0.25, 0.3) is 0 Å². The highest BCUT2D eigenvalue weighted by Crippen LogP contribution is 2.34. The third-order valence-electron chi connectivity index (χ3n) is 7.30. The van der Waals surface area contributed by atoms with Crippen LogP contribution in [-0.2, 0) is 22.4 Å². The van der Waals surface area contributed by atoms with Crippen LogP contribution in [0.15, 0.2) is 97.3 Å². The highest BCUT2D eigenvalue weighted by molar-refractivity contribution is 5.99. The number of nitrogens with one attached hydrogen (secondary N) is 4. The van der Waals surface area contributed by atoms with Crippen molar-refractivity contribution in [3.63, 3.8) is 0 Å². The minimum absolute atomic E-state index is 0.00960. The van der Waals surface area contributed by atoms with E-state index in [2.05, 4.69) is 31.2 Å².